The molecule has 124 valence electrons. The van der Waals surface area contributed by atoms with E-state index in [9.17, 15) is 0 Å². The zero-order valence-corrected chi connectivity index (χ0v) is 16.5. The zero-order valence-electron chi connectivity index (χ0n) is 14.7. The van der Waals surface area contributed by atoms with Crippen LogP contribution in [0, 0.1) is 5.92 Å². The fraction of sp³-hybridized carbons (Fsp3) is 1.00. The molecule has 4 fully saturated rings. The van der Waals surface area contributed by atoms with Gasteiger partial charge in [0, 0.05) is 37.5 Å². The second kappa shape index (κ2) is 7.10. The third-order valence-corrected chi connectivity index (χ3v) is 9.05. The van der Waals surface area contributed by atoms with Gasteiger partial charge in [-0.15, -0.1) is 0 Å². The van der Waals surface area contributed by atoms with Crippen LogP contribution in [-0.2, 0) is 9.05 Å². The summed E-state index contributed by atoms with van der Waals surface area (Å²) in [5.41, 5.74) is 0. The van der Waals surface area contributed by atoms with Gasteiger partial charge in [-0.3, -0.25) is 4.67 Å². The molecule has 4 rings (SSSR count). The third kappa shape index (κ3) is 5.11. The zero-order chi connectivity index (χ0) is 15.7. The van der Waals surface area contributed by atoms with E-state index in [2.05, 4.69) is 46.2 Å². The molecule has 0 aromatic carbocycles. The van der Waals surface area contributed by atoms with Gasteiger partial charge in [0.2, 0.25) is 0 Å². The molecular formula is C16H33NO2P2. The maximum absolute atomic E-state index is 5.80. The molecule has 0 amide bonds. The Balaban J connectivity index is 0.000000155. The third-order valence-electron chi connectivity index (χ3n) is 3.95. The normalized spacial score (nSPS) is 36.3. The van der Waals surface area contributed by atoms with Crippen LogP contribution < -0.4 is 0 Å². The molecule has 0 aromatic heterocycles. The Labute approximate surface area is 133 Å². The lowest BCUT2D eigenvalue weighted by atomic mass is 10.1. The van der Waals surface area contributed by atoms with Crippen LogP contribution in [0.15, 0.2) is 0 Å². The van der Waals surface area contributed by atoms with Gasteiger partial charge in [-0.25, -0.2) is 0 Å². The number of fused-ring (bicyclic) bond motifs is 2. The molecule has 0 aromatic rings. The summed E-state index contributed by atoms with van der Waals surface area (Å²) in [6.07, 6.45) is 3.97. The molecule has 2 bridgehead atoms. The van der Waals surface area contributed by atoms with E-state index in [1.54, 1.807) is 0 Å². The lowest BCUT2D eigenvalue weighted by Crippen LogP contribution is -2.52. The Morgan fingerprint density at radius 3 is 1.86 bits per heavy atom. The maximum Gasteiger partial charge on any atom is 0.109 e. The molecule has 3 nitrogen and oxygen atoms in total. The Bertz CT molecular complexity index is 323. The van der Waals surface area contributed by atoms with Gasteiger partial charge in [0.05, 0.1) is 13.2 Å². The first-order chi connectivity index (χ1) is 9.68. The Morgan fingerprint density at radius 1 is 0.905 bits per heavy atom. The molecular weight excluding hydrogens is 300 g/mol. The molecule has 0 N–H and O–H groups in total. The summed E-state index contributed by atoms with van der Waals surface area (Å²) in [6.45, 7) is 18.3. The van der Waals surface area contributed by atoms with Crippen LogP contribution in [0.2, 0.25) is 0 Å². The van der Waals surface area contributed by atoms with E-state index in [1.165, 1.54) is 32.1 Å². The van der Waals surface area contributed by atoms with Gasteiger partial charge in [-0.05, 0) is 19.0 Å². The molecule has 5 heteroatoms. The predicted molar refractivity (Wildman–Crippen MR) is 94.4 cm³/mol. The van der Waals surface area contributed by atoms with Crippen molar-refractivity contribution in [3.63, 3.8) is 0 Å². The first-order valence-corrected chi connectivity index (χ1v) is 10.9. The largest absolute Gasteiger partial charge is 0.359 e. The van der Waals surface area contributed by atoms with Crippen LogP contribution in [0.3, 0.4) is 0 Å². The topological polar surface area (TPSA) is 21.7 Å². The highest BCUT2D eigenvalue weighted by Crippen LogP contribution is 2.59. The second-order valence-electron chi connectivity index (χ2n) is 8.29. The first kappa shape index (κ1) is 18.1. The van der Waals surface area contributed by atoms with E-state index >= 15 is 0 Å². The van der Waals surface area contributed by atoms with Gasteiger partial charge in [-0.2, -0.15) is 0 Å². The fourth-order valence-electron chi connectivity index (χ4n) is 2.80. The SMILES string of the molecule is CC(C)(C)P1CCCCO1.CC(C)(C)P1OCC2CN1C2. The van der Waals surface area contributed by atoms with E-state index in [4.69, 9.17) is 9.05 Å². The summed E-state index contributed by atoms with van der Waals surface area (Å²) in [5.74, 6) is 0.857. The van der Waals surface area contributed by atoms with Crippen molar-refractivity contribution in [1.29, 1.82) is 0 Å². The van der Waals surface area contributed by atoms with Gasteiger partial charge in [0.25, 0.3) is 0 Å². The molecule has 4 saturated heterocycles. The lowest BCUT2D eigenvalue weighted by Gasteiger charge is -2.52. The quantitative estimate of drug-likeness (QED) is 0.579. The molecule has 4 aliphatic heterocycles. The highest BCUT2D eigenvalue weighted by Gasteiger charge is 2.44. The van der Waals surface area contributed by atoms with Crippen LogP contribution in [0.1, 0.15) is 54.4 Å². The van der Waals surface area contributed by atoms with Crippen molar-refractivity contribution >= 4 is 16.4 Å². The summed E-state index contributed by atoms with van der Waals surface area (Å²) < 4.78 is 14.0. The van der Waals surface area contributed by atoms with Crippen molar-refractivity contribution in [2.75, 3.05) is 32.5 Å². The van der Waals surface area contributed by atoms with E-state index in [0.717, 1.165) is 19.1 Å². The van der Waals surface area contributed by atoms with Crippen molar-refractivity contribution in [2.24, 2.45) is 5.92 Å². The monoisotopic (exact) mass is 333 g/mol. The molecule has 4 heterocycles. The van der Waals surface area contributed by atoms with Crippen LogP contribution in [0.4, 0.5) is 0 Å². The van der Waals surface area contributed by atoms with Crippen molar-refractivity contribution in [3.8, 4) is 0 Å². The molecule has 2 unspecified atom stereocenters. The van der Waals surface area contributed by atoms with Crippen LogP contribution in [-0.4, -0.2) is 47.4 Å². The standard InChI is InChI=1S/C8H16NOP.C8H17OP/c1-8(2,3)11-9-4-7(5-9)6-10-11;1-8(2,3)10-7-5-4-6-9-10/h7H,4-6H2,1-3H3;4-7H2,1-3H3. The second-order valence-corrected chi connectivity index (χ2v) is 13.8. The summed E-state index contributed by atoms with van der Waals surface area (Å²) in [4.78, 5) is 0. The summed E-state index contributed by atoms with van der Waals surface area (Å²) in [5, 5.41) is 0.760. The van der Waals surface area contributed by atoms with Gasteiger partial charge < -0.3 is 9.05 Å². The highest BCUT2D eigenvalue weighted by molar-refractivity contribution is 7.54. The van der Waals surface area contributed by atoms with E-state index in [1.807, 2.05) is 0 Å². The Hall–Kier alpha value is 0.740. The smallest absolute Gasteiger partial charge is 0.109 e. The van der Waals surface area contributed by atoms with Crippen molar-refractivity contribution in [2.45, 2.75) is 64.7 Å². The minimum atomic E-state index is -0.275. The van der Waals surface area contributed by atoms with E-state index < -0.39 is 0 Å². The molecule has 2 atom stereocenters. The predicted octanol–water partition coefficient (Wildman–Crippen LogP) is 5.05. The van der Waals surface area contributed by atoms with Crippen molar-refractivity contribution < 1.29 is 9.05 Å². The van der Waals surface area contributed by atoms with Crippen molar-refractivity contribution in [1.82, 2.24) is 4.67 Å². The minimum absolute atomic E-state index is 0.113. The summed E-state index contributed by atoms with van der Waals surface area (Å²) >= 11 is 0. The molecule has 0 saturated carbocycles. The number of nitrogens with zero attached hydrogens (tertiary/aromatic N) is 1. The average molecular weight is 333 g/mol. The number of rotatable bonds is 0. The van der Waals surface area contributed by atoms with Gasteiger partial charge in [0.15, 0.2) is 0 Å². The summed E-state index contributed by atoms with van der Waals surface area (Å²) in [6, 6.07) is 0. The number of hydrogen-bond acceptors (Lipinski definition) is 3. The molecule has 0 radical (unpaired) electrons. The maximum atomic E-state index is 5.80. The molecule has 21 heavy (non-hydrogen) atoms. The lowest BCUT2D eigenvalue weighted by molar-refractivity contribution is 0.0733. The number of hydrogen-bond donors (Lipinski definition) is 0. The van der Waals surface area contributed by atoms with Gasteiger partial charge >= 0.3 is 0 Å². The highest BCUT2D eigenvalue weighted by atomic mass is 31.2. The fourth-order valence-corrected chi connectivity index (χ4v) is 7.35. The van der Waals surface area contributed by atoms with E-state index in [0.29, 0.717) is 10.3 Å². The van der Waals surface area contributed by atoms with Crippen LogP contribution in [0.25, 0.3) is 0 Å². The van der Waals surface area contributed by atoms with Crippen LogP contribution >= 0.6 is 16.4 Å². The summed E-state index contributed by atoms with van der Waals surface area (Å²) in [7, 11) is -0.387. The molecule has 0 aliphatic carbocycles. The molecule has 4 aliphatic rings. The Morgan fingerprint density at radius 2 is 1.57 bits per heavy atom. The van der Waals surface area contributed by atoms with Crippen molar-refractivity contribution in [3.05, 3.63) is 0 Å². The van der Waals surface area contributed by atoms with E-state index in [-0.39, 0.29) is 16.4 Å². The molecule has 0 spiro atoms. The van der Waals surface area contributed by atoms with Crippen LogP contribution in [0.5, 0.6) is 0 Å². The van der Waals surface area contributed by atoms with Gasteiger partial charge in [0.1, 0.15) is 8.30 Å². The minimum Gasteiger partial charge on any atom is -0.359 e. The average Bonchev–Trinajstić information content (AvgIpc) is 2.38. The van der Waals surface area contributed by atoms with Gasteiger partial charge in [-0.1, -0.05) is 41.5 Å². The Kier molecular flexibility index (Phi) is 6.11. The first-order valence-electron chi connectivity index (χ1n) is 8.26.